The minimum Gasteiger partial charge on any atom is -0.467 e. The summed E-state index contributed by atoms with van der Waals surface area (Å²) in [5, 5.41) is 8.15. The first-order valence-corrected chi connectivity index (χ1v) is 14.6. The van der Waals surface area contributed by atoms with E-state index in [0.29, 0.717) is 33.8 Å². The fourth-order valence-corrected chi connectivity index (χ4v) is 6.41. The van der Waals surface area contributed by atoms with Crippen LogP contribution in [0.15, 0.2) is 65.3 Å². The summed E-state index contributed by atoms with van der Waals surface area (Å²) in [6.45, 7) is 6.44. The van der Waals surface area contributed by atoms with Crippen LogP contribution in [0.1, 0.15) is 48.6 Å². The van der Waals surface area contributed by atoms with Gasteiger partial charge in [0.15, 0.2) is 11.5 Å². The van der Waals surface area contributed by atoms with E-state index in [2.05, 4.69) is 26.1 Å². The van der Waals surface area contributed by atoms with Gasteiger partial charge in [0.05, 0.1) is 40.2 Å². The molecule has 0 spiro atoms. The Hall–Kier alpha value is -3.89. The monoisotopic (exact) mass is 592 g/mol. The molecule has 0 aliphatic carbocycles. The highest BCUT2D eigenvalue weighted by Gasteiger charge is 2.40. The van der Waals surface area contributed by atoms with Gasteiger partial charge in [-0.2, -0.15) is 5.10 Å². The van der Waals surface area contributed by atoms with Gasteiger partial charge in [0, 0.05) is 11.0 Å². The summed E-state index contributed by atoms with van der Waals surface area (Å²) in [5.41, 5.74) is 2.82. The number of aromatic nitrogens is 2. The molecule has 2 aromatic carbocycles. The third-order valence-corrected chi connectivity index (χ3v) is 8.50. The summed E-state index contributed by atoms with van der Waals surface area (Å²) in [6, 6.07) is 16.7. The minimum atomic E-state index is -0.396. The number of ether oxygens (including phenoxy) is 2. The second-order valence-corrected chi connectivity index (χ2v) is 12.3. The molecule has 4 aromatic rings. The molecule has 1 N–H and O–H groups in total. The van der Waals surface area contributed by atoms with Crippen molar-refractivity contribution in [2.24, 2.45) is 0 Å². The summed E-state index contributed by atoms with van der Waals surface area (Å²) in [6.07, 6.45) is 1.55. The van der Waals surface area contributed by atoms with E-state index in [0.717, 1.165) is 16.8 Å². The van der Waals surface area contributed by atoms with Crippen LogP contribution in [-0.2, 0) is 21.5 Å². The van der Waals surface area contributed by atoms with Crippen molar-refractivity contribution in [2.45, 2.75) is 38.0 Å². The van der Waals surface area contributed by atoms with E-state index in [1.165, 1.54) is 16.7 Å². The highest BCUT2D eigenvalue weighted by Crippen LogP contribution is 2.50. The van der Waals surface area contributed by atoms with Crippen LogP contribution in [0, 0.1) is 0 Å². The molecular weight excluding hydrogens is 564 g/mol. The molecule has 0 unspecified atom stereocenters. The van der Waals surface area contributed by atoms with Gasteiger partial charge in [0.25, 0.3) is 0 Å². The number of nitrogens with one attached hydrogen (secondary N) is 1. The lowest BCUT2D eigenvalue weighted by molar-refractivity contribution is -0.123. The van der Waals surface area contributed by atoms with E-state index in [1.54, 1.807) is 29.1 Å². The van der Waals surface area contributed by atoms with Crippen molar-refractivity contribution >= 4 is 41.0 Å². The highest BCUT2D eigenvalue weighted by atomic mass is 35.5. The molecule has 2 aromatic heterocycles. The number of halogens is 1. The second-order valence-electron chi connectivity index (χ2n) is 10.8. The number of hydrogen-bond acceptors (Lipinski definition) is 7. The maximum atomic E-state index is 13.8. The summed E-state index contributed by atoms with van der Waals surface area (Å²) < 4.78 is 18.3. The van der Waals surface area contributed by atoms with E-state index >= 15 is 0 Å². The number of carbonyl (C=O) groups excluding carboxylic acids is 2. The molecule has 2 aliphatic rings. The summed E-state index contributed by atoms with van der Waals surface area (Å²) in [7, 11) is 0. The first kappa shape index (κ1) is 27.3. The topological polar surface area (TPSA) is 98.8 Å². The highest BCUT2D eigenvalue weighted by molar-refractivity contribution is 8.00. The number of amides is 2. The number of furan rings is 1. The second kappa shape index (κ2) is 10.8. The smallest absolute Gasteiger partial charge is 0.240 e. The largest absolute Gasteiger partial charge is 0.467 e. The lowest BCUT2D eigenvalue weighted by atomic mass is 9.87. The Bertz CT molecular complexity index is 1610. The number of thioether (sulfide) groups is 1. The Balaban J connectivity index is 1.51. The van der Waals surface area contributed by atoms with Gasteiger partial charge < -0.3 is 19.2 Å². The molecule has 41 heavy (non-hydrogen) atoms. The summed E-state index contributed by atoms with van der Waals surface area (Å²) in [4.78, 5) is 28.6. The standard InChI is InChI=1S/C30H29ClN4O5S/c1-30(2,3)28-26-27(18-10-11-22-23(13-18)40-17-39-22)41-16-25(37)34(15-24(36)32-14-19-7-6-12-38-19)29(26)35(33-28)21-9-5-4-8-20(21)31/h4-13,27H,14-17H2,1-3H3,(H,32,36)/t27-/m1/s1. The van der Waals surface area contributed by atoms with Gasteiger partial charge in [-0.25, -0.2) is 4.68 Å². The molecule has 6 rings (SSSR count). The van der Waals surface area contributed by atoms with Crippen LogP contribution in [-0.4, -0.2) is 40.7 Å². The third kappa shape index (κ3) is 5.29. The number of hydrogen-bond donors (Lipinski definition) is 1. The molecule has 212 valence electrons. The molecule has 0 saturated carbocycles. The van der Waals surface area contributed by atoms with Crippen molar-refractivity contribution in [3.05, 3.63) is 88.5 Å². The summed E-state index contributed by atoms with van der Waals surface area (Å²) >= 11 is 8.19. The predicted octanol–water partition coefficient (Wildman–Crippen LogP) is 5.63. The molecule has 9 nitrogen and oxygen atoms in total. The quantitative estimate of drug-likeness (QED) is 0.310. The normalized spacial score (nSPS) is 16.4. The first-order chi connectivity index (χ1) is 19.7. The molecule has 11 heteroatoms. The van der Waals surface area contributed by atoms with Gasteiger partial charge >= 0.3 is 0 Å². The van der Waals surface area contributed by atoms with Crippen molar-refractivity contribution in [2.75, 3.05) is 24.0 Å². The molecule has 2 aliphatic heterocycles. The number of para-hydroxylation sites is 1. The number of rotatable bonds is 6. The Labute approximate surface area is 246 Å². The minimum absolute atomic E-state index is 0.158. The van der Waals surface area contributed by atoms with E-state index < -0.39 is 5.41 Å². The third-order valence-electron chi connectivity index (χ3n) is 6.92. The van der Waals surface area contributed by atoms with Crippen molar-refractivity contribution < 1.29 is 23.5 Å². The van der Waals surface area contributed by atoms with Gasteiger partial charge in [-0.1, -0.05) is 50.6 Å². The molecule has 0 bridgehead atoms. The van der Waals surface area contributed by atoms with Gasteiger partial charge in [-0.3, -0.25) is 14.5 Å². The molecule has 1 atom stereocenters. The van der Waals surface area contributed by atoms with Gasteiger partial charge in [-0.05, 0) is 42.0 Å². The Morgan fingerprint density at radius 3 is 2.68 bits per heavy atom. The van der Waals surface area contributed by atoms with Gasteiger partial charge in [0.1, 0.15) is 18.1 Å². The molecule has 0 fully saturated rings. The van der Waals surface area contributed by atoms with Crippen LogP contribution in [0.4, 0.5) is 5.82 Å². The number of benzene rings is 2. The fraction of sp³-hybridized carbons (Fsp3) is 0.300. The number of fused-ring (bicyclic) bond motifs is 2. The van der Waals surface area contributed by atoms with E-state index in [9.17, 15) is 9.59 Å². The predicted molar refractivity (Wildman–Crippen MR) is 157 cm³/mol. The zero-order valence-corrected chi connectivity index (χ0v) is 24.4. The van der Waals surface area contributed by atoms with Crippen molar-refractivity contribution in [3.63, 3.8) is 0 Å². The number of carbonyl (C=O) groups is 2. The van der Waals surface area contributed by atoms with Crippen LogP contribution >= 0.6 is 23.4 Å². The SMILES string of the molecule is CC(C)(C)c1nn(-c2ccccc2Cl)c2c1[C@@H](c1ccc3c(c1)OCO3)SCC(=O)N2CC(=O)NCc1ccco1. The number of anilines is 1. The average Bonchev–Trinajstić information content (AvgIpc) is 3.69. The zero-order valence-electron chi connectivity index (χ0n) is 22.8. The lowest BCUT2D eigenvalue weighted by Gasteiger charge is -2.24. The van der Waals surface area contributed by atoms with E-state index in [1.807, 2.05) is 36.4 Å². The maximum absolute atomic E-state index is 13.8. The Kier molecular flexibility index (Phi) is 7.21. The molecule has 4 heterocycles. The van der Waals surface area contributed by atoms with Gasteiger partial charge in [0.2, 0.25) is 18.6 Å². The molecular formula is C30H29ClN4O5S. The van der Waals surface area contributed by atoms with Crippen LogP contribution in [0.2, 0.25) is 5.02 Å². The Morgan fingerprint density at radius 2 is 1.93 bits per heavy atom. The lowest BCUT2D eigenvalue weighted by Crippen LogP contribution is -2.42. The van der Waals surface area contributed by atoms with E-state index in [-0.39, 0.29) is 42.7 Å². The van der Waals surface area contributed by atoms with Crippen LogP contribution in [0.3, 0.4) is 0 Å². The van der Waals surface area contributed by atoms with Crippen LogP contribution < -0.4 is 19.7 Å². The van der Waals surface area contributed by atoms with Crippen LogP contribution in [0.5, 0.6) is 11.5 Å². The van der Waals surface area contributed by atoms with Crippen molar-refractivity contribution in [1.29, 1.82) is 0 Å². The molecule has 2 amide bonds. The van der Waals surface area contributed by atoms with Crippen LogP contribution in [0.25, 0.3) is 5.69 Å². The average molecular weight is 593 g/mol. The summed E-state index contributed by atoms with van der Waals surface area (Å²) in [5.74, 6) is 2.11. The molecule has 0 saturated heterocycles. The zero-order chi connectivity index (χ0) is 28.7. The van der Waals surface area contributed by atoms with Gasteiger partial charge in [-0.15, -0.1) is 11.8 Å². The fourth-order valence-electron chi connectivity index (χ4n) is 5.00. The van der Waals surface area contributed by atoms with E-state index in [4.69, 9.17) is 30.6 Å². The first-order valence-electron chi connectivity index (χ1n) is 13.2. The van der Waals surface area contributed by atoms with Crippen molar-refractivity contribution in [1.82, 2.24) is 15.1 Å². The molecule has 0 radical (unpaired) electrons. The Morgan fingerprint density at radius 1 is 1.12 bits per heavy atom. The number of nitrogens with zero attached hydrogens (tertiary/aromatic N) is 3. The maximum Gasteiger partial charge on any atom is 0.240 e. The van der Waals surface area contributed by atoms with Crippen molar-refractivity contribution in [3.8, 4) is 17.2 Å².